The molecule has 0 amide bonds. The monoisotopic (exact) mass is 295 g/mol. The molecular formula is C14H17NO6. The molecule has 0 unspecified atom stereocenters. The summed E-state index contributed by atoms with van der Waals surface area (Å²) >= 11 is 0. The number of aliphatic hydroxyl groups is 1. The molecule has 1 aromatic carbocycles. The molecule has 1 N–H and O–H groups in total. The Morgan fingerprint density at radius 3 is 2.76 bits per heavy atom. The molecule has 7 heteroatoms. The molecule has 7 nitrogen and oxygen atoms in total. The van der Waals surface area contributed by atoms with Crippen LogP contribution in [0.25, 0.3) is 0 Å². The Hall–Kier alpha value is -2.15. The van der Waals surface area contributed by atoms with Gasteiger partial charge in [-0.05, 0) is 6.07 Å². The molecule has 0 saturated carbocycles. The van der Waals surface area contributed by atoms with E-state index >= 15 is 0 Å². The highest BCUT2D eigenvalue weighted by molar-refractivity contribution is 5.86. The molecule has 0 aromatic heterocycles. The van der Waals surface area contributed by atoms with Gasteiger partial charge in [0.05, 0.1) is 26.5 Å². The summed E-state index contributed by atoms with van der Waals surface area (Å²) in [6.45, 7) is 0.0775. The molecule has 0 saturated heterocycles. The number of fused-ring (bicyclic) bond motifs is 1. The van der Waals surface area contributed by atoms with Gasteiger partial charge in [0.25, 0.3) is 0 Å². The Morgan fingerprint density at radius 1 is 1.29 bits per heavy atom. The zero-order chi connectivity index (χ0) is 14.8. The van der Waals surface area contributed by atoms with Gasteiger partial charge in [-0.25, -0.2) is 0 Å². The van der Waals surface area contributed by atoms with E-state index < -0.39 is 0 Å². The molecule has 21 heavy (non-hydrogen) atoms. The van der Waals surface area contributed by atoms with Gasteiger partial charge in [-0.15, -0.1) is 0 Å². The average molecular weight is 295 g/mol. The number of oxime groups is 1. The van der Waals surface area contributed by atoms with E-state index in [4.69, 9.17) is 28.9 Å². The summed E-state index contributed by atoms with van der Waals surface area (Å²) in [5.41, 5.74) is 1.53. The van der Waals surface area contributed by atoms with Crippen LogP contribution in [0.1, 0.15) is 12.0 Å². The summed E-state index contributed by atoms with van der Waals surface area (Å²) in [6, 6.07) is 1.87. The van der Waals surface area contributed by atoms with Crippen LogP contribution in [0.15, 0.2) is 11.2 Å². The number of ether oxygens (including phenoxy) is 4. The smallest absolute Gasteiger partial charge is 0.231 e. The number of methoxy groups -OCH3 is 2. The van der Waals surface area contributed by atoms with Crippen LogP contribution in [0.3, 0.4) is 0 Å². The number of hydrogen-bond acceptors (Lipinski definition) is 7. The lowest BCUT2D eigenvalue weighted by atomic mass is 10.0. The van der Waals surface area contributed by atoms with Crippen LogP contribution in [0.5, 0.6) is 23.0 Å². The van der Waals surface area contributed by atoms with Crippen molar-refractivity contribution in [3.8, 4) is 23.0 Å². The lowest BCUT2D eigenvalue weighted by Crippen LogP contribution is -2.13. The summed E-state index contributed by atoms with van der Waals surface area (Å²) in [7, 11) is 3.14. The van der Waals surface area contributed by atoms with E-state index in [-0.39, 0.29) is 19.5 Å². The quantitative estimate of drug-likeness (QED) is 0.876. The fourth-order valence-electron chi connectivity index (χ4n) is 2.54. The molecule has 0 bridgehead atoms. The van der Waals surface area contributed by atoms with Crippen LogP contribution < -0.4 is 18.9 Å². The Morgan fingerprint density at radius 2 is 2.10 bits per heavy atom. The molecule has 0 radical (unpaired) electrons. The highest BCUT2D eigenvalue weighted by atomic mass is 16.7. The number of benzene rings is 1. The summed E-state index contributed by atoms with van der Waals surface area (Å²) in [4.78, 5) is 5.31. The van der Waals surface area contributed by atoms with Gasteiger partial charge in [-0.3, -0.25) is 0 Å². The van der Waals surface area contributed by atoms with Gasteiger partial charge < -0.3 is 28.9 Å². The summed E-state index contributed by atoms with van der Waals surface area (Å²) in [6.07, 6.45) is 1.03. The van der Waals surface area contributed by atoms with Crippen LogP contribution in [-0.4, -0.2) is 44.5 Å². The van der Waals surface area contributed by atoms with Gasteiger partial charge in [-0.1, -0.05) is 5.16 Å². The van der Waals surface area contributed by atoms with Crippen molar-refractivity contribution < 1.29 is 28.9 Å². The van der Waals surface area contributed by atoms with Crippen molar-refractivity contribution in [3.05, 3.63) is 11.6 Å². The Balaban J connectivity index is 1.88. The first-order chi connectivity index (χ1) is 10.3. The second-order valence-electron chi connectivity index (χ2n) is 4.79. The lowest BCUT2D eigenvalue weighted by molar-refractivity contribution is 0.0852. The van der Waals surface area contributed by atoms with Gasteiger partial charge >= 0.3 is 0 Å². The lowest BCUT2D eigenvalue weighted by Gasteiger charge is -2.16. The Labute approximate surface area is 122 Å². The van der Waals surface area contributed by atoms with Crippen molar-refractivity contribution in [1.29, 1.82) is 0 Å². The molecule has 0 fully saturated rings. The van der Waals surface area contributed by atoms with E-state index in [0.717, 1.165) is 5.56 Å². The molecule has 2 heterocycles. The predicted molar refractivity (Wildman–Crippen MR) is 73.4 cm³/mol. The first-order valence-electron chi connectivity index (χ1n) is 6.62. The van der Waals surface area contributed by atoms with Gasteiger partial charge in [0.15, 0.2) is 11.5 Å². The predicted octanol–water partition coefficient (Wildman–Crippen LogP) is 1.11. The van der Waals surface area contributed by atoms with Gasteiger partial charge in [-0.2, -0.15) is 0 Å². The third-order valence-electron chi connectivity index (χ3n) is 3.48. The minimum atomic E-state index is -0.133. The minimum absolute atomic E-state index is 0.0852. The molecule has 3 rings (SSSR count). The van der Waals surface area contributed by atoms with Gasteiger partial charge in [0.2, 0.25) is 18.3 Å². The van der Waals surface area contributed by atoms with Crippen LogP contribution in [0, 0.1) is 0 Å². The van der Waals surface area contributed by atoms with E-state index in [9.17, 15) is 0 Å². The van der Waals surface area contributed by atoms with Crippen molar-refractivity contribution in [2.45, 2.75) is 18.9 Å². The molecular weight excluding hydrogens is 278 g/mol. The maximum Gasteiger partial charge on any atom is 0.231 e. The Bertz CT molecular complexity index is 571. The first kappa shape index (κ1) is 13.8. The SMILES string of the molecule is COc1c(C[C@@H]2CC(CO)=NO2)cc2c(c1OC)OCO2. The third kappa shape index (κ3) is 2.44. The normalized spacial score (nSPS) is 19.2. The molecule has 0 spiro atoms. The number of nitrogens with zero attached hydrogens (tertiary/aromatic N) is 1. The van der Waals surface area contributed by atoms with E-state index in [1.807, 2.05) is 6.07 Å². The van der Waals surface area contributed by atoms with Crippen molar-refractivity contribution in [2.75, 3.05) is 27.6 Å². The largest absolute Gasteiger partial charge is 0.492 e. The fourth-order valence-corrected chi connectivity index (χ4v) is 2.54. The highest BCUT2D eigenvalue weighted by Gasteiger charge is 2.29. The highest BCUT2D eigenvalue weighted by Crippen LogP contribution is 2.49. The van der Waals surface area contributed by atoms with E-state index in [1.54, 1.807) is 14.2 Å². The van der Waals surface area contributed by atoms with Crippen LogP contribution in [0.4, 0.5) is 0 Å². The standard InChI is InChI=1S/C14H17NO6/c1-17-12-8(3-10-5-9(6-16)15-21-10)4-11-13(14(12)18-2)20-7-19-11/h4,10,16H,3,5-7H2,1-2H3/t10-/m1/s1. The fraction of sp³-hybridized carbons (Fsp3) is 0.500. The molecule has 1 aromatic rings. The molecule has 0 aliphatic carbocycles. The van der Waals surface area contributed by atoms with Crippen molar-refractivity contribution >= 4 is 5.71 Å². The molecule has 2 aliphatic heterocycles. The maximum absolute atomic E-state index is 9.07. The summed E-state index contributed by atoms with van der Waals surface area (Å²) in [5, 5.41) is 12.9. The molecule has 2 aliphatic rings. The van der Waals surface area contributed by atoms with E-state index in [2.05, 4.69) is 5.16 Å². The summed E-state index contributed by atoms with van der Waals surface area (Å²) < 4.78 is 21.7. The first-order valence-corrected chi connectivity index (χ1v) is 6.62. The molecule has 1 atom stereocenters. The van der Waals surface area contributed by atoms with Gasteiger partial charge in [0, 0.05) is 18.4 Å². The van der Waals surface area contributed by atoms with Crippen molar-refractivity contribution in [2.24, 2.45) is 5.16 Å². The van der Waals surface area contributed by atoms with Crippen molar-refractivity contribution in [1.82, 2.24) is 0 Å². The number of rotatable bonds is 5. The third-order valence-corrected chi connectivity index (χ3v) is 3.48. The zero-order valence-electron chi connectivity index (χ0n) is 11.9. The minimum Gasteiger partial charge on any atom is -0.492 e. The molecule has 114 valence electrons. The zero-order valence-corrected chi connectivity index (χ0v) is 11.9. The second kappa shape index (κ2) is 5.69. The van der Waals surface area contributed by atoms with Crippen LogP contribution in [0.2, 0.25) is 0 Å². The van der Waals surface area contributed by atoms with E-state index in [0.29, 0.717) is 41.6 Å². The number of hydrogen-bond donors (Lipinski definition) is 1. The van der Waals surface area contributed by atoms with Crippen LogP contribution >= 0.6 is 0 Å². The average Bonchev–Trinajstić information content (AvgIpc) is 3.14. The summed E-state index contributed by atoms with van der Waals surface area (Å²) in [5.74, 6) is 2.30. The van der Waals surface area contributed by atoms with Crippen molar-refractivity contribution in [3.63, 3.8) is 0 Å². The number of aliphatic hydroxyl groups excluding tert-OH is 1. The van der Waals surface area contributed by atoms with Gasteiger partial charge in [0.1, 0.15) is 6.10 Å². The van der Waals surface area contributed by atoms with E-state index in [1.165, 1.54) is 0 Å². The topological polar surface area (TPSA) is 78.7 Å². The Kier molecular flexibility index (Phi) is 3.74. The van der Waals surface area contributed by atoms with Crippen LogP contribution in [-0.2, 0) is 11.3 Å². The second-order valence-corrected chi connectivity index (χ2v) is 4.79. The maximum atomic E-state index is 9.07.